The second kappa shape index (κ2) is 12.3. The Hall–Kier alpha value is -3.94. The SMILES string of the molecule is CN(c1nc2ccccc2nc1OC(c1ccc(C(NC=O)OC(C)(C)C)cc1)C(F)(F)F)S(=O)(=O)c1ccccc1Cl. The van der Waals surface area contributed by atoms with Gasteiger partial charge >= 0.3 is 6.18 Å². The van der Waals surface area contributed by atoms with Gasteiger partial charge in [-0.2, -0.15) is 13.2 Å². The van der Waals surface area contributed by atoms with E-state index >= 15 is 0 Å². The number of amides is 1. The molecule has 2 atom stereocenters. The fraction of sp³-hybridized carbons (Fsp3) is 0.276. The van der Waals surface area contributed by atoms with Gasteiger partial charge in [0.25, 0.3) is 15.9 Å². The van der Waals surface area contributed by atoms with E-state index in [-0.39, 0.29) is 26.5 Å². The molecule has 1 amide bonds. The number of hydrogen-bond donors (Lipinski definition) is 1. The van der Waals surface area contributed by atoms with Gasteiger partial charge in [0.1, 0.15) is 4.90 Å². The first kappa shape index (κ1) is 32.0. The van der Waals surface area contributed by atoms with E-state index in [0.717, 1.165) is 7.05 Å². The highest BCUT2D eigenvalue weighted by molar-refractivity contribution is 7.93. The Balaban J connectivity index is 1.78. The Morgan fingerprint density at radius 3 is 2.02 bits per heavy atom. The first-order chi connectivity index (χ1) is 20.1. The van der Waals surface area contributed by atoms with Crippen molar-refractivity contribution in [2.75, 3.05) is 11.4 Å². The summed E-state index contributed by atoms with van der Waals surface area (Å²) < 4.78 is 82.4. The average Bonchev–Trinajstić information content (AvgIpc) is 2.94. The van der Waals surface area contributed by atoms with Crippen molar-refractivity contribution >= 4 is 44.9 Å². The number of ether oxygens (including phenoxy) is 2. The van der Waals surface area contributed by atoms with Crippen LogP contribution in [0.5, 0.6) is 5.88 Å². The number of carbonyl (C=O) groups is 1. The number of para-hydroxylation sites is 2. The molecule has 4 rings (SSSR count). The third-order valence-electron chi connectivity index (χ3n) is 6.05. The molecule has 0 aliphatic heterocycles. The maximum Gasteiger partial charge on any atom is 0.429 e. The number of carbonyl (C=O) groups excluding carboxylic acids is 1. The van der Waals surface area contributed by atoms with Crippen LogP contribution in [0.15, 0.2) is 77.7 Å². The Labute approximate surface area is 251 Å². The van der Waals surface area contributed by atoms with Crippen molar-refractivity contribution in [1.82, 2.24) is 15.3 Å². The number of rotatable bonds is 10. The van der Waals surface area contributed by atoms with E-state index in [2.05, 4.69) is 15.3 Å². The zero-order valence-corrected chi connectivity index (χ0v) is 25.0. The summed E-state index contributed by atoms with van der Waals surface area (Å²) in [6.07, 6.45) is -8.00. The maximum absolute atomic E-state index is 14.5. The van der Waals surface area contributed by atoms with Crippen molar-refractivity contribution in [2.24, 2.45) is 0 Å². The summed E-state index contributed by atoms with van der Waals surface area (Å²) in [6, 6.07) is 17.0. The first-order valence-corrected chi connectivity index (χ1v) is 14.6. The van der Waals surface area contributed by atoms with Crippen LogP contribution in [0.4, 0.5) is 19.0 Å². The lowest BCUT2D eigenvalue weighted by Crippen LogP contribution is -2.31. The van der Waals surface area contributed by atoms with E-state index in [4.69, 9.17) is 21.1 Å². The molecule has 14 heteroatoms. The molecule has 0 bridgehead atoms. The summed E-state index contributed by atoms with van der Waals surface area (Å²) in [5.41, 5.74) is -0.175. The molecule has 2 unspecified atom stereocenters. The molecular weight excluding hydrogens is 609 g/mol. The number of alkyl halides is 3. The number of nitrogens with zero attached hydrogens (tertiary/aromatic N) is 3. The monoisotopic (exact) mass is 636 g/mol. The third-order valence-corrected chi connectivity index (χ3v) is 8.30. The minimum absolute atomic E-state index is 0.0864. The quantitative estimate of drug-likeness (QED) is 0.160. The van der Waals surface area contributed by atoms with Gasteiger partial charge in [-0.05, 0) is 45.0 Å². The van der Waals surface area contributed by atoms with Crippen molar-refractivity contribution in [2.45, 2.75) is 49.8 Å². The summed E-state index contributed by atoms with van der Waals surface area (Å²) in [6.45, 7) is 5.29. The topological polar surface area (TPSA) is 111 Å². The van der Waals surface area contributed by atoms with Gasteiger partial charge in [-0.3, -0.25) is 4.79 Å². The molecule has 0 aliphatic carbocycles. The highest BCUT2D eigenvalue weighted by Gasteiger charge is 2.44. The Morgan fingerprint density at radius 1 is 0.907 bits per heavy atom. The number of halogens is 4. The van der Waals surface area contributed by atoms with E-state index in [1.807, 2.05) is 0 Å². The molecular formula is C29H28ClF3N4O5S. The third kappa shape index (κ3) is 7.35. The summed E-state index contributed by atoms with van der Waals surface area (Å²) in [5.74, 6) is -1.14. The molecule has 0 aliphatic rings. The van der Waals surface area contributed by atoms with Crippen molar-refractivity contribution in [1.29, 1.82) is 0 Å². The number of nitrogens with one attached hydrogen (secondary N) is 1. The van der Waals surface area contributed by atoms with Crippen LogP contribution in [-0.4, -0.2) is 43.6 Å². The molecule has 1 N–H and O–H groups in total. The van der Waals surface area contributed by atoms with Crippen LogP contribution in [0.1, 0.15) is 44.2 Å². The normalized spacial score (nSPS) is 13.8. The lowest BCUT2D eigenvalue weighted by atomic mass is 10.0. The van der Waals surface area contributed by atoms with Gasteiger partial charge in [-0.25, -0.2) is 22.7 Å². The predicted octanol–water partition coefficient (Wildman–Crippen LogP) is 6.35. The van der Waals surface area contributed by atoms with Gasteiger partial charge in [0, 0.05) is 18.2 Å². The minimum Gasteiger partial charge on any atom is -0.457 e. The first-order valence-electron chi connectivity index (χ1n) is 12.8. The fourth-order valence-corrected chi connectivity index (χ4v) is 5.70. The van der Waals surface area contributed by atoms with Crippen molar-refractivity contribution < 1.29 is 35.9 Å². The van der Waals surface area contributed by atoms with Crippen LogP contribution in [0.3, 0.4) is 0 Å². The number of sulfonamides is 1. The second-order valence-corrected chi connectivity index (χ2v) is 12.7. The Bertz CT molecular complexity index is 1710. The van der Waals surface area contributed by atoms with E-state index in [1.54, 1.807) is 32.9 Å². The van der Waals surface area contributed by atoms with Gasteiger partial charge in [-0.15, -0.1) is 0 Å². The number of anilines is 1. The maximum atomic E-state index is 14.5. The second-order valence-electron chi connectivity index (χ2n) is 10.3. The summed E-state index contributed by atoms with van der Waals surface area (Å²) >= 11 is 6.13. The van der Waals surface area contributed by atoms with E-state index < -0.39 is 45.8 Å². The predicted molar refractivity (Wildman–Crippen MR) is 155 cm³/mol. The van der Waals surface area contributed by atoms with E-state index in [9.17, 15) is 26.4 Å². The highest BCUT2D eigenvalue weighted by atomic mass is 35.5. The number of benzene rings is 3. The Kier molecular flexibility index (Phi) is 9.19. The van der Waals surface area contributed by atoms with Crippen LogP contribution in [0, 0.1) is 0 Å². The molecule has 0 spiro atoms. The number of aromatic nitrogens is 2. The zero-order chi connectivity index (χ0) is 31.6. The Morgan fingerprint density at radius 2 is 1.47 bits per heavy atom. The molecule has 0 radical (unpaired) electrons. The lowest BCUT2D eigenvalue weighted by Gasteiger charge is -2.28. The van der Waals surface area contributed by atoms with Gasteiger partial charge in [0.2, 0.25) is 18.3 Å². The van der Waals surface area contributed by atoms with Gasteiger partial charge in [0.15, 0.2) is 6.23 Å². The van der Waals surface area contributed by atoms with Crippen molar-refractivity contribution in [3.63, 3.8) is 0 Å². The van der Waals surface area contributed by atoms with Crippen LogP contribution in [0.2, 0.25) is 5.02 Å². The smallest absolute Gasteiger partial charge is 0.429 e. The van der Waals surface area contributed by atoms with Crippen LogP contribution < -0.4 is 14.4 Å². The molecule has 228 valence electrons. The minimum atomic E-state index is -4.95. The van der Waals surface area contributed by atoms with Crippen LogP contribution in [0.25, 0.3) is 11.0 Å². The highest BCUT2D eigenvalue weighted by Crippen LogP contribution is 2.40. The molecule has 4 aromatic rings. The fourth-order valence-electron chi connectivity index (χ4n) is 4.07. The number of fused-ring (bicyclic) bond motifs is 1. The average molecular weight is 637 g/mol. The molecule has 1 heterocycles. The summed E-state index contributed by atoms with van der Waals surface area (Å²) in [5, 5.41) is 2.41. The van der Waals surface area contributed by atoms with Gasteiger partial charge in [0.05, 0.1) is 21.7 Å². The van der Waals surface area contributed by atoms with E-state index in [1.165, 1.54) is 60.7 Å². The summed E-state index contributed by atoms with van der Waals surface area (Å²) in [7, 11) is -3.28. The van der Waals surface area contributed by atoms with Crippen molar-refractivity contribution in [3.8, 4) is 5.88 Å². The van der Waals surface area contributed by atoms with Crippen molar-refractivity contribution in [3.05, 3.63) is 88.9 Å². The van der Waals surface area contributed by atoms with E-state index in [0.29, 0.717) is 16.3 Å². The molecule has 0 fully saturated rings. The number of hydrogen-bond acceptors (Lipinski definition) is 7. The molecule has 1 aromatic heterocycles. The molecule has 0 saturated heterocycles. The molecule has 3 aromatic carbocycles. The molecule has 0 saturated carbocycles. The summed E-state index contributed by atoms with van der Waals surface area (Å²) in [4.78, 5) is 19.4. The van der Waals surface area contributed by atoms with Gasteiger partial charge < -0.3 is 14.8 Å². The lowest BCUT2D eigenvalue weighted by molar-refractivity contribution is -0.198. The van der Waals surface area contributed by atoms with Gasteiger partial charge in [-0.1, -0.05) is 60.1 Å². The zero-order valence-electron chi connectivity index (χ0n) is 23.5. The largest absolute Gasteiger partial charge is 0.457 e. The van der Waals surface area contributed by atoms with Crippen LogP contribution in [-0.2, 0) is 19.6 Å². The van der Waals surface area contributed by atoms with Crippen LogP contribution >= 0.6 is 11.6 Å². The standard InChI is InChI=1S/C29H28ClF3N4O5S/c1-28(2,3)42-26(34-17-38)19-15-13-18(14-16-19)24(29(31,32)33)41-27-25(35-21-10-6-7-11-22(21)36-27)37(4)43(39,40)23-12-8-5-9-20(23)30/h5-17,24,26H,1-4H3,(H,34,38). The molecule has 9 nitrogen and oxygen atoms in total. The molecule has 43 heavy (non-hydrogen) atoms.